The summed E-state index contributed by atoms with van der Waals surface area (Å²) in [5.74, 6) is -1.01. The van der Waals surface area contributed by atoms with Crippen LogP contribution in [0.4, 0.5) is 0 Å². The molecule has 0 spiro atoms. The highest BCUT2D eigenvalue weighted by Crippen LogP contribution is 2.28. The van der Waals surface area contributed by atoms with E-state index in [2.05, 4.69) is 6.92 Å². The van der Waals surface area contributed by atoms with Crippen molar-refractivity contribution in [2.45, 2.75) is 91.4 Å². The molecule has 1 rings (SSSR count). The Morgan fingerprint density at radius 1 is 0.815 bits per heavy atom. The van der Waals surface area contributed by atoms with Gasteiger partial charge in [0.25, 0.3) is 0 Å². The Bertz CT molecular complexity index is 442. The minimum Gasteiger partial charge on any atom is -0.465 e. The van der Waals surface area contributed by atoms with E-state index in [0.29, 0.717) is 32.0 Å². The van der Waals surface area contributed by atoms with Gasteiger partial charge in [0.2, 0.25) is 0 Å². The van der Waals surface area contributed by atoms with Gasteiger partial charge in [-0.15, -0.1) is 0 Å². The van der Waals surface area contributed by atoms with Gasteiger partial charge in [0.15, 0.2) is 0 Å². The van der Waals surface area contributed by atoms with Crippen molar-refractivity contribution in [1.82, 2.24) is 0 Å². The third-order valence-electron chi connectivity index (χ3n) is 5.09. The van der Waals surface area contributed by atoms with Crippen LogP contribution in [0.1, 0.15) is 91.4 Å². The summed E-state index contributed by atoms with van der Waals surface area (Å²) in [5, 5.41) is 0. The SMILES string of the molecule is CCCCCCCCCCCOC(=O)C1CC=CCC1C(=O)OCC(C)C. The van der Waals surface area contributed by atoms with E-state index in [1.807, 2.05) is 26.0 Å². The summed E-state index contributed by atoms with van der Waals surface area (Å²) in [4.78, 5) is 24.7. The highest BCUT2D eigenvalue weighted by molar-refractivity contribution is 5.82. The van der Waals surface area contributed by atoms with Gasteiger partial charge in [0.1, 0.15) is 0 Å². The molecule has 2 unspecified atom stereocenters. The molecule has 0 aromatic carbocycles. The fourth-order valence-electron chi connectivity index (χ4n) is 3.38. The largest absolute Gasteiger partial charge is 0.465 e. The Kier molecular flexibility index (Phi) is 12.9. The maximum absolute atomic E-state index is 12.4. The predicted molar refractivity (Wildman–Crippen MR) is 109 cm³/mol. The minimum absolute atomic E-state index is 0.245. The molecule has 0 aliphatic heterocycles. The molecule has 156 valence electrons. The van der Waals surface area contributed by atoms with Crippen LogP contribution in [0.3, 0.4) is 0 Å². The van der Waals surface area contributed by atoms with Crippen LogP contribution in [-0.2, 0) is 19.1 Å². The quantitative estimate of drug-likeness (QED) is 0.216. The van der Waals surface area contributed by atoms with Crippen LogP contribution in [0.2, 0.25) is 0 Å². The average Bonchev–Trinajstić information content (AvgIpc) is 2.67. The molecule has 0 N–H and O–H groups in total. The van der Waals surface area contributed by atoms with Crippen LogP contribution in [0, 0.1) is 17.8 Å². The van der Waals surface area contributed by atoms with Gasteiger partial charge in [-0.1, -0.05) is 84.3 Å². The van der Waals surface area contributed by atoms with E-state index >= 15 is 0 Å². The van der Waals surface area contributed by atoms with Gasteiger partial charge in [-0.2, -0.15) is 0 Å². The van der Waals surface area contributed by atoms with Crippen molar-refractivity contribution >= 4 is 11.9 Å². The molecule has 4 nitrogen and oxygen atoms in total. The standard InChI is InChI=1S/C23H40O4/c1-4-5-6-7-8-9-10-11-14-17-26-22(24)20-15-12-13-16-21(20)23(25)27-18-19(2)3/h12-13,19-21H,4-11,14-18H2,1-3H3. The molecule has 0 radical (unpaired) electrons. The predicted octanol–water partition coefficient (Wildman–Crippen LogP) is 5.84. The Morgan fingerprint density at radius 2 is 1.30 bits per heavy atom. The second-order valence-electron chi connectivity index (χ2n) is 8.18. The molecule has 1 aliphatic carbocycles. The molecule has 0 aromatic heterocycles. The maximum Gasteiger partial charge on any atom is 0.310 e. The van der Waals surface area contributed by atoms with Crippen molar-refractivity contribution in [1.29, 1.82) is 0 Å². The topological polar surface area (TPSA) is 52.6 Å². The second kappa shape index (κ2) is 14.7. The fourth-order valence-corrected chi connectivity index (χ4v) is 3.38. The summed E-state index contributed by atoms with van der Waals surface area (Å²) in [6.45, 7) is 7.11. The maximum atomic E-state index is 12.4. The molecule has 0 heterocycles. The van der Waals surface area contributed by atoms with Gasteiger partial charge in [-0.25, -0.2) is 0 Å². The smallest absolute Gasteiger partial charge is 0.310 e. The lowest BCUT2D eigenvalue weighted by atomic mass is 9.83. The first-order valence-corrected chi connectivity index (χ1v) is 11.0. The lowest BCUT2D eigenvalue weighted by Crippen LogP contribution is -2.34. The van der Waals surface area contributed by atoms with Crippen LogP contribution in [0.25, 0.3) is 0 Å². The highest BCUT2D eigenvalue weighted by Gasteiger charge is 2.36. The number of allylic oxidation sites excluding steroid dienone is 2. The first-order valence-electron chi connectivity index (χ1n) is 11.0. The zero-order valence-electron chi connectivity index (χ0n) is 17.7. The molecular formula is C23H40O4. The summed E-state index contributed by atoms with van der Waals surface area (Å²) in [7, 11) is 0. The van der Waals surface area contributed by atoms with E-state index in [1.165, 1.54) is 44.9 Å². The van der Waals surface area contributed by atoms with Crippen molar-refractivity contribution in [3.05, 3.63) is 12.2 Å². The molecule has 4 heteroatoms. The molecule has 27 heavy (non-hydrogen) atoms. The number of unbranched alkanes of at least 4 members (excludes halogenated alkanes) is 8. The summed E-state index contributed by atoms with van der Waals surface area (Å²) in [6.07, 6.45) is 16.2. The monoisotopic (exact) mass is 380 g/mol. The second-order valence-corrected chi connectivity index (χ2v) is 8.18. The summed E-state index contributed by atoms with van der Waals surface area (Å²) >= 11 is 0. The van der Waals surface area contributed by atoms with Gasteiger partial charge >= 0.3 is 11.9 Å². The van der Waals surface area contributed by atoms with Crippen molar-refractivity contribution in [3.8, 4) is 0 Å². The summed E-state index contributed by atoms with van der Waals surface area (Å²) in [5.41, 5.74) is 0. The highest BCUT2D eigenvalue weighted by atomic mass is 16.5. The number of carbonyl (C=O) groups is 2. The summed E-state index contributed by atoms with van der Waals surface area (Å²) < 4.78 is 10.8. The molecule has 0 amide bonds. The zero-order valence-corrected chi connectivity index (χ0v) is 17.7. The molecular weight excluding hydrogens is 340 g/mol. The number of esters is 2. The number of hydrogen-bond acceptors (Lipinski definition) is 4. The lowest BCUT2D eigenvalue weighted by Gasteiger charge is -2.25. The molecule has 0 fully saturated rings. The Hall–Kier alpha value is -1.32. The minimum atomic E-state index is -0.399. The van der Waals surface area contributed by atoms with E-state index in [-0.39, 0.29) is 11.9 Å². The van der Waals surface area contributed by atoms with E-state index < -0.39 is 11.8 Å². The number of hydrogen-bond donors (Lipinski definition) is 0. The fraction of sp³-hybridized carbons (Fsp3) is 0.826. The Balaban J connectivity index is 2.20. The van der Waals surface area contributed by atoms with Crippen LogP contribution >= 0.6 is 0 Å². The molecule has 0 saturated heterocycles. The third kappa shape index (κ3) is 10.6. The Labute approximate surface area is 166 Å². The number of ether oxygens (including phenoxy) is 2. The van der Waals surface area contributed by atoms with Crippen LogP contribution in [0.15, 0.2) is 12.2 Å². The zero-order chi connectivity index (χ0) is 19.9. The van der Waals surface area contributed by atoms with Gasteiger partial charge < -0.3 is 9.47 Å². The first-order chi connectivity index (χ1) is 13.1. The first kappa shape index (κ1) is 23.7. The molecule has 1 aliphatic rings. The van der Waals surface area contributed by atoms with Gasteiger partial charge in [-0.05, 0) is 25.2 Å². The van der Waals surface area contributed by atoms with Crippen molar-refractivity contribution in [3.63, 3.8) is 0 Å². The van der Waals surface area contributed by atoms with Crippen molar-refractivity contribution in [2.24, 2.45) is 17.8 Å². The molecule has 0 aromatic rings. The van der Waals surface area contributed by atoms with Crippen LogP contribution in [-0.4, -0.2) is 25.2 Å². The van der Waals surface area contributed by atoms with E-state index in [9.17, 15) is 9.59 Å². The Morgan fingerprint density at radius 3 is 1.81 bits per heavy atom. The average molecular weight is 381 g/mol. The van der Waals surface area contributed by atoms with E-state index in [4.69, 9.17) is 9.47 Å². The lowest BCUT2D eigenvalue weighted by molar-refractivity contribution is -0.161. The van der Waals surface area contributed by atoms with Gasteiger partial charge in [-0.3, -0.25) is 9.59 Å². The van der Waals surface area contributed by atoms with Crippen LogP contribution in [0.5, 0.6) is 0 Å². The molecule has 0 bridgehead atoms. The third-order valence-corrected chi connectivity index (χ3v) is 5.09. The van der Waals surface area contributed by atoms with E-state index in [1.54, 1.807) is 0 Å². The van der Waals surface area contributed by atoms with Crippen molar-refractivity contribution in [2.75, 3.05) is 13.2 Å². The van der Waals surface area contributed by atoms with Gasteiger partial charge in [0, 0.05) is 0 Å². The van der Waals surface area contributed by atoms with Crippen LogP contribution < -0.4 is 0 Å². The molecule has 2 atom stereocenters. The summed E-state index contributed by atoms with van der Waals surface area (Å²) in [6, 6.07) is 0. The van der Waals surface area contributed by atoms with E-state index in [0.717, 1.165) is 12.8 Å². The number of rotatable bonds is 14. The number of carbonyl (C=O) groups excluding carboxylic acids is 2. The normalized spacial score (nSPS) is 19.3. The molecule has 0 saturated carbocycles. The van der Waals surface area contributed by atoms with Gasteiger partial charge in [0.05, 0.1) is 25.0 Å². The van der Waals surface area contributed by atoms with Crippen molar-refractivity contribution < 1.29 is 19.1 Å².